The van der Waals surface area contributed by atoms with Gasteiger partial charge in [-0.25, -0.2) is 8.42 Å². The summed E-state index contributed by atoms with van der Waals surface area (Å²) >= 11 is 0. The summed E-state index contributed by atoms with van der Waals surface area (Å²) in [4.78, 5) is 0. The van der Waals surface area contributed by atoms with Crippen molar-refractivity contribution in [2.24, 2.45) is 0 Å². The van der Waals surface area contributed by atoms with E-state index in [0.717, 1.165) is 0 Å². The topological polar surface area (TPSA) is 52.6 Å². The van der Waals surface area contributed by atoms with Crippen LogP contribution in [0.2, 0.25) is 0 Å². The van der Waals surface area contributed by atoms with E-state index in [-0.39, 0.29) is 23.7 Å². The number of sulfone groups is 1. The van der Waals surface area contributed by atoms with Crippen molar-refractivity contribution in [3.8, 4) is 0 Å². The molecule has 2 heterocycles. The lowest BCUT2D eigenvalue weighted by atomic mass is 10.2. The molecule has 0 aromatic heterocycles. The molecule has 0 aliphatic carbocycles. The van der Waals surface area contributed by atoms with Crippen molar-refractivity contribution in [3.63, 3.8) is 0 Å². The first-order valence-corrected chi connectivity index (χ1v) is 7.26. The van der Waals surface area contributed by atoms with Gasteiger partial charge in [0, 0.05) is 0 Å². The Kier molecular flexibility index (Phi) is 3.79. The normalized spacial score (nSPS) is 36.3. The second-order valence-electron chi connectivity index (χ2n) is 4.12. The van der Waals surface area contributed by atoms with Crippen molar-refractivity contribution in [1.82, 2.24) is 0 Å². The Morgan fingerprint density at radius 2 is 1.67 bits per heavy atom. The predicted molar refractivity (Wildman–Crippen MR) is 58.4 cm³/mol. The van der Waals surface area contributed by atoms with E-state index in [2.05, 4.69) is 0 Å². The summed E-state index contributed by atoms with van der Waals surface area (Å²) in [7, 11) is -2.89. The van der Waals surface area contributed by atoms with Gasteiger partial charge in [0.25, 0.3) is 0 Å². The lowest BCUT2D eigenvalue weighted by molar-refractivity contribution is -0.144. The monoisotopic (exact) mass is 236 g/mol. The highest BCUT2D eigenvalue weighted by Gasteiger charge is 2.46. The highest BCUT2D eigenvalue weighted by Crippen LogP contribution is 2.33. The molecule has 2 atom stereocenters. The molecule has 90 valence electrons. The third-order valence-electron chi connectivity index (χ3n) is 2.42. The molecule has 2 fully saturated rings. The zero-order valence-corrected chi connectivity index (χ0v) is 10.6. The van der Waals surface area contributed by atoms with Crippen LogP contribution in [0.4, 0.5) is 0 Å². The van der Waals surface area contributed by atoms with E-state index >= 15 is 0 Å². The van der Waals surface area contributed by atoms with Gasteiger partial charge in [-0.15, -0.1) is 0 Å². The van der Waals surface area contributed by atoms with E-state index in [1.807, 2.05) is 27.7 Å². The lowest BCUT2D eigenvalue weighted by Crippen LogP contribution is -2.38. The van der Waals surface area contributed by atoms with Gasteiger partial charge in [-0.3, -0.25) is 0 Å². The van der Waals surface area contributed by atoms with E-state index in [9.17, 15) is 8.42 Å². The van der Waals surface area contributed by atoms with Crippen molar-refractivity contribution >= 4 is 9.84 Å². The highest BCUT2D eigenvalue weighted by molar-refractivity contribution is 7.91. The Bertz CT molecular complexity index is 307. The molecule has 0 spiro atoms. The molecule has 0 radical (unpaired) electrons. The zero-order valence-electron chi connectivity index (χ0n) is 9.82. The quantitative estimate of drug-likeness (QED) is 0.637. The van der Waals surface area contributed by atoms with E-state index in [4.69, 9.17) is 9.47 Å². The number of fused-ring (bicyclic) bond motifs is 1. The van der Waals surface area contributed by atoms with Crippen molar-refractivity contribution in [3.05, 3.63) is 0 Å². The maximum Gasteiger partial charge on any atom is 0.163 e. The molecular formula is C10H20O4S. The Morgan fingerprint density at radius 3 is 2.27 bits per heavy atom. The molecule has 0 bridgehead atoms. The Hall–Kier alpha value is -0.130. The SMILES string of the molecule is CC.CC1(C)OC2CCS(=O)(=O)CC2O1. The van der Waals surface area contributed by atoms with Crippen molar-refractivity contribution in [2.45, 2.75) is 52.1 Å². The first-order valence-electron chi connectivity index (χ1n) is 5.44. The molecule has 2 aliphatic heterocycles. The molecule has 0 aromatic rings. The average Bonchev–Trinajstić information content (AvgIpc) is 2.40. The van der Waals surface area contributed by atoms with Crippen LogP contribution < -0.4 is 0 Å². The van der Waals surface area contributed by atoms with E-state index in [0.29, 0.717) is 6.42 Å². The van der Waals surface area contributed by atoms with Crippen LogP contribution in [-0.4, -0.2) is 37.9 Å². The van der Waals surface area contributed by atoms with Gasteiger partial charge < -0.3 is 9.47 Å². The van der Waals surface area contributed by atoms with Gasteiger partial charge in [0.2, 0.25) is 0 Å². The second-order valence-corrected chi connectivity index (χ2v) is 6.34. The molecule has 4 nitrogen and oxygen atoms in total. The molecule has 5 heteroatoms. The van der Waals surface area contributed by atoms with Crippen LogP contribution in [-0.2, 0) is 19.3 Å². The van der Waals surface area contributed by atoms with E-state index in [1.165, 1.54) is 0 Å². The number of hydrogen-bond acceptors (Lipinski definition) is 4. The Balaban J connectivity index is 0.000000531. The largest absolute Gasteiger partial charge is 0.345 e. The fourth-order valence-corrected chi connectivity index (χ4v) is 3.47. The summed E-state index contributed by atoms with van der Waals surface area (Å²) in [6.07, 6.45) is 0.281. The molecule has 0 saturated carbocycles. The van der Waals surface area contributed by atoms with Crippen LogP contribution in [0.5, 0.6) is 0 Å². The van der Waals surface area contributed by atoms with Gasteiger partial charge in [-0.05, 0) is 20.3 Å². The number of hydrogen-bond donors (Lipinski definition) is 0. The molecular weight excluding hydrogens is 216 g/mol. The predicted octanol–water partition coefficient (Wildman–Crippen LogP) is 1.35. The highest BCUT2D eigenvalue weighted by atomic mass is 32.2. The molecule has 15 heavy (non-hydrogen) atoms. The molecule has 0 N–H and O–H groups in total. The van der Waals surface area contributed by atoms with Crippen molar-refractivity contribution in [2.75, 3.05) is 11.5 Å². The maximum absolute atomic E-state index is 11.3. The molecule has 2 saturated heterocycles. The van der Waals surface area contributed by atoms with Gasteiger partial charge in [0.15, 0.2) is 15.6 Å². The van der Waals surface area contributed by atoms with Gasteiger partial charge >= 0.3 is 0 Å². The van der Waals surface area contributed by atoms with Crippen LogP contribution in [0.1, 0.15) is 34.1 Å². The minimum absolute atomic E-state index is 0.0291. The number of rotatable bonds is 0. The first-order chi connectivity index (χ1) is 6.88. The summed E-state index contributed by atoms with van der Waals surface area (Å²) in [6, 6.07) is 0. The summed E-state index contributed by atoms with van der Waals surface area (Å²) in [5, 5.41) is 0. The van der Waals surface area contributed by atoms with Gasteiger partial charge in [0.05, 0.1) is 17.6 Å². The van der Waals surface area contributed by atoms with Gasteiger partial charge in [0.1, 0.15) is 6.10 Å². The minimum Gasteiger partial charge on any atom is -0.345 e. The van der Waals surface area contributed by atoms with Crippen molar-refractivity contribution in [1.29, 1.82) is 0 Å². The van der Waals surface area contributed by atoms with E-state index < -0.39 is 15.6 Å². The third-order valence-corrected chi connectivity index (χ3v) is 4.11. The maximum atomic E-state index is 11.3. The summed E-state index contributed by atoms with van der Waals surface area (Å²) < 4.78 is 33.6. The summed E-state index contributed by atoms with van der Waals surface area (Å²) in [5.74, 6) is -0.274. The molecule has 2 aliphatic rings. The molecule has 2 unspecified atom stereocenters. The summed E-state index contributed by atoms with van der Waals surface area (Å²) in [5.41, 5.74) is 0. The van der Waals surface area contributed by atoms with E-state index in [1.54, 1.807) is 0 Å². The van der Waals surface area contributed by atoms with Gasteiger partial charge in [-0.1, -0.05) is 13.8 Å². The lowest BCUT2D eigenvalue weighted by Gasteiger charge is -2.21. The second kappa shape index (κ2) is 4.39. The van der Waals surface area contributed by atoms with Crippen molar-refractivity contribution < 1.29 is 17.9 Å². The minimum atomic E-state index is -2.89. The Morgan fingerprint density at radius 1 is 1.13 bits per heavy atom. The Labute approximate surface area is 91.9 Å². The van der Waals surface area contributed by atoms with Crippen LogP contribution >= 0.6 is 0 Å². The average molecular weight is 236 g/mol. The summed E-state index contributed by atoms with van der Waals surface area (Å²) in [6.45, 7) is 7.63. The standard InChI is InChI=1S/C8H14O4S.C2H6/c1-8(2)11-6-3-4-13(9,10)5-7(6)12-8;1-2/h6-7H,3-5H2,1-2H3;1-2H3. The smallest absolute Gasteiger partial charge is 0.163 e. The zero-order chi connectivity index (χ0) is 11.7. The van der Waals surface area contributed by atoms with Gasteiger partial charge in [-0.2, -0.15) is 0 Å². The molecule has 0 aromatic carbocycles. The first kappa shape index (κ1) is 12.9. The number of ether oxygens (including phenoxy) is 2. The van der Waals surface area contributed by atoms with Crippen LogP contribution in [0, 0.1) is 0 Å². The van der Waals surface area contributed by atoms with Crippen LogP contribution in [0.25, 0.3) is 0 Å². The molecule has 2 rings (SSSR count). The van der Waals surface area contributed by atoms with Crippen LogP contribution in [0.15, 0.2) is 0 Å². The molecule has 0 amide bonds. The fourth-order valence-electron chi connectivity index (χ4n) is 1.92. The fraction of sp³-hybridized carbons (Fsp3) is 1.00. The van der Waals surface area contributed by atoms with Crippen LogP contribution in [0.3, 0.4) is 0 Å². The third kappa shape index (κ3) is 3.16.